The number of rotatable bonds is 3. The van der Waals surface area contributed by atoms with Crippen LogP contribution in [-0.2, 0) is 16.1 Å². The molecule has 16 heavy (non-hydrogen) atoms. The van der Waals surface area contributed by atoms with Crippen molar-refractivity contribution in [2.45, 2.75) is 13.5 Å². The molecule has 0 aliphatic rings. The van der Waals surface area contributed by atoms with Crippen molar-refractivity contribution in [1.29, 1.82) is 0 Å². The van der Waals surface area contributed by atoms with Gasteiger partial charge in [-0.2, -0.15) is 5.10 Å². The van der Waals surface area contributed by atoms with Gasteiger partial charge in [-0.3, -0.25) is 9.78 Å². The van der Waals surface area contributed by atoms with Gasteiger partial charge in [0.25, 0.3) is 0 Å². The first-order valence-corrected chi connectivity index (χ1v) is 5.23. The second-order valence-electron chi connectivity index (χ2n) is 3.12. The van der Waals surface area contributed by atoms with E-state index in [4.69, 9.17) is 16.3 Å². The number of hydrogen-bond donors (Lipinski definition) is 0. The lowest BCUT2D eigenvalue weighted by Crippen LogP contribution is -2.14. The Kier molecular flexibility index (Phi) is 3.05. The fourth-order valence-electron chi connectivity index (χ4n) is 1.37. The van der Waals surface area contributed by atoms with E-state index in [0.717, 1.165) is 0 Å². The average Bonchev–Trinajstić information content (AvgIpc) is 2.57. The maximum Gasteiger partial charge on any atom is 0.327 e. The van der Waals surface area contributed by atoms with Gasteiger partial charge in [0.15, 0.2) is 5.15 Å². The number of hydrogen-bond acceptors (Lipinski definition) is 4. The van der Waals surface area contributed by atoms with E-state index in [9.17, 15) is 4.79 Å². The Morgan fingerprint density at radius 1 is 1.62 bits per heavy atom. The summed E-state index contributed by atoms with van der Waals surface area (Å²) in [4.78, 5) is 15.4. The number of aromatic nitrogens is 3. The zero-order chi connectivity index (χ0) is 11.5. The highest BCUT2D eigenvalue weighted by Gasteiger charge is 2.12. The second-order valence-corrected chi connectivity index (χ2v) is 3.48. The summed E-state index contributed by atoms with van der Waals surface area (Å²) in [6.45, 7) is 2.10. The molecule has 0 fully saturated rings. The summed E-state index contributed by atoms with van der Waals surface area (Å²) in [7, 11) is 0. The summed E-state index contributed by atoms with van der Waals surface area (Å²) in [5, 5.41) is 4.51. The van der Waals surface area contributed by atoms with Crippen molar-refractivity contribution in [3.8, 4) is 0 Å². The van der Waals surface area contributed by atoms with Crippen molar-refractivity contribution in [2.24, 2.45) is 0 Å². The van der Waals surface area contributed by atoms with Gasteiger partial charge in [-0.1, -0.05) is 11.6 Å². The third kappa shape index (κ3) is 1.99. The van der Waals surface area contributed by atoms with Crippen LogP contribution in [0.25, 0.3) is 11.0 Å². The molecule has 5 nitrogen and oxygen atoms in total. The summed E-state index contributed by atoms with van der Waals surface area (Å²) < 4.78 is 6.20. The number of fused-ring (bicyclic) bond motifs is 1. The van der Waals surface area contributed by atoms with Gasteiger partial charge in [0.2, 0.25) is 0 Å². The Balaban J connectivity index is 2.31. The molecule has 6 heteroatoms. The molecule has 2 aromatic heterocycles. The molecule has 84 valence electrons. The number of halogens is 1. The smallest absolute Gasteiger partial charge is 0.327 e. The van der Waals surface area contributed by atoms with Gasteiger partial charge in [0.1, 0.15) is 17.6 Å². The predicted molar refractivity (Wildman–Crippen MR) is 59.2 cm³/mol. The summed E-state index contributed by atoms with van der Waals surface area (Å²) in [6.07, 6.45) is 1.63. The highest BCUT2D eigenvalue weighted by molar-refractivity contribution is 6.34. The zero-order valence-electron chi connectivity index (χ0n) is 8.68. The quantitative estimate of drug-likeness (QED) is 0.765. The molecule has 0 aromatic carbocycles. The minimum absolute atomic E-state index is 0.00301. The van der Waals surface area contributed by atoms with Crippen LogP contribution in [0.4, 0.5) is 0 Å². The molecule has 0 saturated carbocycles. The number of carbonyl (C=O) groups is 1. The van der Waals surface area contributed by atoms with E-state index in [0.29, 0.717) is 22.8 Å². The average molecular weight is 240 g/mol. The third-order valence-electron chi connectivity index (χ3n) is 2.02. The standard InChI is InChI=1S/C10H10ClN3O2/c1-2-16-8(15)6-14-10(11)9-7(13-14)4-3-5-12-9/h3-5H,2,6H2,1H3. The molecule has 0 saturated heterocycles. The summed E-state index contributed by atoms with van der Waals surface area (Å²) in [5.41, 5.74) is 1.25. The van der Waals surface area contributed by atoms with Gasteiger partial charge in [0.05, 0.1) is 6.61 Å². The van der Waals surface area contributed by atoms with Crippen LogP contribution < -0.4 is 0 Å². The van der Waals surface area contributed by atoms with E-state index in [-0.39, 0.29) is 12.5 Å². The molecule has 0 spiro atoms. The Morgan fingerprint density at radius 2 is 2.44 bits per heavy atom. The first-order chi connectivity index (χ1) is 7.72. The highest BCUT2D eigenvalue weighted by Crippen LogP contribution is 2.20. The summed E-state index contributed by atoms with van der Waals surface area (Å²) >= 11 is 6.03. The molecule has 2 heterocycles. The van der Waals surface area contributed by atoms with Crippen molar-refractivity contribution < 1.29 is 9.53 Å². The van der Waals surface area contributed by atoms with Crippen LogP contribution in [-0.4, -0.2) is 27.3 Å². The molecule has 0 atom stereocenters. The molecule has 0 bridgehead atoms. The second kappa shape index (κ2) is 4.49. The molecule has 0 unspecified atom stereocenters. The Morgan fingerprint density at radius 3 is 3.12 bits per heavy atom. The van der Waals surface area contributed by atoms with Gasteiger partial charge < -0.3 is 4.74 Å². The van der Waals surface area contributed by atoms with Crippen molar-refractivity contribution in [2.75, 3.05) is 6.61 Å². The van der Waals surface area contributed by atoms with Crippen molar-refractivity contribution in [1.82, 2.24) is 14.8 Å². The normalized spacial score (nSPS) is 10.6. The van der Waals surface area contributed by atoms with Gasteiger partial charge in [-0.15, -0.1) is 0 Å². The van der Waals surface area contributed by atoms with E-state index in [1.165, 1.54) is 4.68 Å². The van der Waals surface area contributed by atoms with E-state index < -0.39 is 0 Å². The van der Waals surface area contributed by atoms with Gasteiger partial charge in [-0.05, 0) is 19.1 Å². The molecule has 0 N–H and O–H groups in total. The van der Waals surface area contributed by atoms with Gasteiger partial charge in [-0.25, -0.2) is 4.68 Å². The molecule has 0 radical (unpaired) electrons. The maximum atomic E-state index is 11.3. The monoisotopic (exact) mass is 239 g/mol. The Labute approximate surface area is 97.0 Å². The van der Waals surface area contributed by atoms with E-state index in [1.54, 1.807) is 25.3 Å². The molecule has 2 aromatic rings. The molecule has 2 rings (SSSR count). The number of ether oxygens (including phenoxy) is 1. The van der Waals surface area contributed by atoms with Crippen LogP contribution in [0, 0.1) is 0 Å². The molecule has 0 aliphatic heterocycles. The van der Waals surface area contributed by atoms with Crippen LogP contribution >= 0.6 is 11.6 Å². The minimum Gasteiger partial charge on any atom is -0.465 e. The third-order valence-corrected chi connectivity index (χ3v) is 2.40. The molecular weight excluding hydrogens is 230 g/mol. The van der Waals surface area contributed by atoms with E-state index >= 15 is 0 Å². The van der Waals surface area contributed by atoms with Crippen LogP contribution in [0.1, 0.15) is 6.92 Å². The summed E-state index contributed by atoms with van der Waals surface area (Å²) in [5.74, 6) is -0.364. The molecule has 0 amide bonds. The van der Waals surface area contributed by atoms with Gasteiger partial charge in [0, 0.05) is 6.20 Å². The number of esters is 1. The van der Waals surface area contributed by atoms with Crippen molar-refractivity contribution in [3.63, 3.8) is 0 Å². The van der Waals surface area contributed by atoms with Crippen LogP contribution in [0.5, 0.6) is 0 Å². The largest absolute Gasteiger partial charge is 0.465 e. The zero-order valence-corrected chi connectivity index (χ0v) is 9.44. The van der Waals surface area contributed by atoms with Crippen LogP contribution in [0.15, 0.2) is 18.3 Å². The highest BCUT2D eigenvalue weighted by atomic mass is 35.5. The minimum atomic E-state index is -0.364. The fourth-order valence-corrected chi connectivity index (χ4v) is 1.61. The first kappa shape index (κ1) is 10.9. The maximum absolute atomic E-state index is 11.3. The number of carbonyl (C=O) groups excluding carboxylic acids is 1. The lowest BCUT2D eigenvalue weighted by atomic mass is 10.4. The van der Waals surface area contributed by atoms with Crippen LogP contribution in [0.2, 0.25) is 5.15 Å². The first-order valence-electron chi connectivity index (χ1n) is 4.85. The lowest BCUT2D eigenvalue weighted by Gasteiger charge is -2.02. The van der Waals surface area contributed by atoms with Crippen molar-refractivity contribution in [3.05, 3.63) is 23.5 Å². The van der Waals surface area contributed by atoms with Crippen molar-refractivity contribution >= 4 is 28.6 Å². The fraction of sp³-hybridized carbons (Fsp3) is 0.300. The molecular formula is C10H10ClN3O2. The predicted octanol–water partition coefficient (Wildman–Crippen LogP) is 1.65. The Bertz CT molecular complexity index is 524. The summed E-state index contributed by atoms with van der Waals surface area (Å²) in [6, 6.07) is 3.55. The topological polar surface area (TPSA) is 57.0 Å². The van der Waals surface area contributed by atoms with E-state index in [2.05, 4.69) is 10.1 Å². The Hall–Kier alpha value is -1.62. The lowest BCUT2D eigenvalue weighted by molar-refractivity contribution is -0.144. The molecule has 0 aliphatic carbocycles. The van der Waals surface area contributed by atoms with Crippen LogP contribution in [0.3, 0.4) is 0 Å². The van der Waals surface area contributed by atoms with E-state index in [1.807, 2.05) is 0 Å². The van der Waals surface area contributed by atoms with Gasteiger partial charge >= 0.3 is 5.97 Å². The SMILES string of the molecule is CCOC(=O)Cn1nc2cccnc2c1Cl. The number of nitrogens with zero attached hydrogens (tertiary/aromatic N) is 3. The number of pyridine rings is 1.